The number of nitro benzene ring substituents is 1. The smallest absolute Gasteiger partial charge is 0.271 e. The van der Waals surface area contributed by atoms with Crippen molar-refractivity contribution < 1.29 is 4.92 Å². The van der Waals surface area contributed by atoms with Crippen LogP contribution in [0.2, 0.25) is 0 Å². The third kappa shape index (κ3) is 2.65. The summed E-state index contributed by atoms with van der Waals surface area (Å²) in [5.41, 5.74) is 0.669. The summed E-state index contributed by atoms with van der Waals surface area (Å²) in [5.74, 6) is 4.93. The van der Waals surface area contributed by atoms with Gasteiger partial charge in [0.1, 0.15) is 0 Å². The average molecular weight is 291 g/mol. The summed E-state index contributed by atoms with van der Waals surface area (Å²) in [6, 6.07) is 4.65. The number of hydrogen-bond acceptors (Lipinski definition) is 4. The molecule has 1 aromatic rings. The fraction of sp³-hybridized carbons (Fsp3) is 0. The van der Waals surface area contributed by atoms with E-state index in [1.165, 1.54) is 18.3 Å². The molecule has 0 amide bonds. The molecule has 0 radical (unpaired) electrons. The Balaban J connectivity index is 3.18. The fourth-order valence-corrected chi connectivity index (χ4v) is 1.54. The zero-order valence-electron chi connectivity index (χ0n) is 6.48. The van der Waals surface area contributed by atoms with Crippen LogP contribution in [0.4, 0.5) is 5.69 Å². The summed E-state index contributed by atoms with van der Waals surface area (Å²) in [6.45, 7) is 0. The zero-order valence-corrected chi connectivity index (χ0v) is 8.63. The predicted octanol–water partition coefficient (Wildman–Crippen LogP) is 1.49. The minimum atomic E-state index is -0.448. The molecule has 1 aromatic carbocycles. The number of nitro groups is 1. The van der Waals surface area contributed by atoms with Crippen molar-refractivity contribution in [1.82, 2.24) is 0 Å². The van der Waals surface area contributed by atoms with E-state index in [2.05, 4.69) is 5.10 Å². The lowest BCUT2D eigenvalue weighted by Gasteiger charge is -1.95. The molecule has 0 aliphatic rings. The summed E-state index contributed by atoms with van der Waals surface area (Å²) in [7, 11) is 0. The second-order valence-electron chi connectivity index (χ2n) is 2.28. The van der Waals surface area contributed by atoms with Crippen LogP contribution in [0.3, 0.4) is 0 Å². The molecule has 68 valence electrons. The molecule has 5 nitrogen and oxygen atoms in total. The lowest BCUT2D eigenvalue weighted by Crippen LogP contribution is -1.92. The van der Waals surface area contributed by atoms with Gasteiger partial charge in [-0.2, -0.15) is 5.10 Å². The first kappa shape index (κ1) is 9.90. The Morgan fingerprint density at radius 3 is 2.77 bits per heavy atom. The quantitative estimate of drug-likeness (QED) is 0.295. The van der Waals surface area contributed by atoms with Gasteiger partial charge in [-0.15, -0.1) is 0 Å². The number of nitrogens with zero attached hydrogens (tertiary/aromatic N) is 2. The van der Waals surface area contributed by atoms with E-state index in [0.717, 1.165) is 3.57 Å². The van der Waals surface area contributed by atoms with Gasteiger partial charge >= 0.3 is 0 Å². The normalized spacial score (nSPS) is 10.5. The van der Waals surface area contributed by atoms with Crippen molar-refractivity contribution in [3.8, 4) is 0 Å². The number of non-ortho nitro benzene ring substituents is 1. The molecule has 0 fully saturated rings. The highest BCUT2D eigenvalue weighted by atomic mass is 127. The highest BCUT2D eigenvalue weighted by molar-refractivity contribution is 14.1. The molecule has 0 aliphatic heterocycles. The number of benzene rings is 1. The highest BCUT2D eigenvalue weighted by Crippen LogP contribution is 2.17. The molecule has 0 aromatic heterocycles. The van der Waals surface area contributed by atoms with Crippen molar-refractivity contribution in [2.24, 2.45) is 10.9 Å². The largest absolute Gasteiger partial charge is 0.323 e. The molecule has 0 spiro atoms. The summed E-state index contributed by atoms with van der Waals surface area (Å²) in [4.78, 5) is 9.99. The number of rotatable bonds is 2. The maximum atomic E-state index is 10.4. The van der Waals surface area contributed by atoms with Crippen LogP contribution in [0.15, 0.2) is 23.3 Å². The molecule has 0 bridgehead atoms. The second kappa shape index (κ2) is 4.17. The Kier molecular flexibility index (Phi) is 3.18. The van der Waals surface area contributed by atoms with E-state index in [0.29, 0.717) is 5.56 Å². The summed E-state index contributed by atoms with van der Waals surface area (Å²) >= 11 is 2.00. The van der Waals surface area contributed by atoms with Crippen molar-refractivity contribution in [2.75, 3.05) is 0 Å². The molecule has 0 unspecified atom stereocenters. The van der Waals surface area contributed by atoms with Crippen LogP contribution in [0.1, 0.15) is 5.56 Å². The zero-order chi connectivity index (χ0) is 9.84. The fourth-order valence-electron chi connectivity index (χ4n) is 0.862. The summed E-state index contributed by atoms with van der Waals surface area (Å²) < 4.78 is 0.779. The van der Waals surface area contributed by atoms with Crippen molar-refractivity contribution in [1.29, 1.82) is 0 Å². The maximum absolute atomic E-state index is 10.4. The van der Waals surface area contributed by atoms with Crippen molar-refractivity contribution >= 4 is 34.5 Å². The molecule has 13 heavy (non-hydrogen) atoms. The van der Waals surface area contributed by atoms with Gasteiger partial charge in [0.05, 0.1) is 11.1 Å². The third-order valence-corrected chi connectivity index (χ3v) is 1.96. The topological polar surface area (TPSA) is 81.5 Å². The van der Waals surface area contributed by atoms with Crippen LogP contribution in [-0.4, -0.2) is 11.1 Å². The van der Waals surface area contributed by atoms with E-state index in [9.17, 15) is 10.1 Å². The van der Waals surface area contributed by atoms with Crippen LogP contribution in [0.5, 0.6) is 0 Å². The van der Waals surface area contributed by atoms with Gasteiger partial charge < -0.3 is 5.84 Å². The lowest BCUT2D eigenvalue weighted by atomic mass is 10.2. The summed E-state index contributed by atoms with van der Waals surface area (Å²) in [6.07, 6.45) is 1.37. The van der Waals surface area contributed by atoms with Gasteiger partial charge in [-0.3, -0.25) is 10.1 Å². The van der Waals surface area contributed by atoms with Gasteiger partial charge in [-0.1, -0.05) is 0 Å². The first-order valence-corrected chi connectivity index (χ1v) is 4.39. The van der Waals surface area contributed by atoms with Crippen LogP contribution in [0, 0.1) is 13.7 Å². The van der Waals surface area contributed by atoms with Gasteiger partial charge in [-0.25, -0.2) is 0 Å². The highest BCUT2D eigenvalue weighted by Gasteiger charge is 2.06. The van der Waals surface area contributed by atoms with Gasteiger partial charge in [0, 0.05) is 21.3 Å². The van der Waals surface area contributed by atoms with Crippen LogP contribution in [-0.2, 0) is 0 Å². The molecular formula is C7H6IN3O2. The first-order chi connectivity index (χ1) is 6.13. The monoisotopic (exact) mass is 291 g/mol. The minimum Gasteiger partial charge on any atom is -0.323 e. The molecule has 0 atom stereocenters. The van der Waals surface area contributed by atoms with Crippen molar-refractivity contribution in [3.05, 3.63) is 37.4 Å². The first-order valence-electron chi connectivity index (χ1n) is 3.31. The van der Waals surface area contributed by atoms with Gasteiger partial charge in [-0.05, 0) is 28.7 Å². The van der Waals surface area contributed by atoms with Gasteiger partial charge in [0.15, 0.2) is 0 Å². The molecule has 0 aliphatic carbocycles. The Morgan fingerprint density at radius 2 is 2.23 bits per heavy atom. The lowest BCUT2D eigenvalue weighted by molar-refractivity contribution is -0.384. The molecule has 0 heterocycles. The SMILES string of the molecule is NN=Cc1cc(I)cc([N+](=O)[O-])c1. The standard InChI is InChI=1S/C7H6IN3O2/c8-6-1-5(4-10-9)2-7(3-6)11(12)13/h1-4H,9H2. The van der Waals surface area contributed by atoms with E-state index in [1.807, 2.05) is 22.6 Å². The van der Waals surface area contributed by atoms with E-state index < -0.39 is 4.92 Å². The van der Waals surface area contributed by atoms with Crippen molar-refractivity contribution in [2.45, 2.75) is 0 Å². The van der Waals surface area contributed by atoms with Crippen LogP contribution >= 0.6 is 22.6 Å². The van der Waals surface area contributed by atoms with Crippen LogP contribution < -0.4 is 5.84 Å². The number of nitrogens with two attached hydrogens (primary N) is 1. The Morgan fingerprint density at radius 1 is 1.54 bits per heavy atom. The summed E-state index contributed by atoms with van der Waals surface area (Å²) in [5, 5.41) is 13.7. The van der Waals surface area contributed by atoms with Gasteiger partial charge in [0.2, 0.25) is 0 Å². The number of hydrogen-bond donors (Lipinski definition) is 1. The van der Waals surface area contributed by atoms with Gasteiger partial charge in [0.25, 0.3) is 5.69 Å². The Bertz CT molecular complexity index is 365. The number of hydrazone groups is 1. The average Bonchev–Trinajstić information content (AvgIpc) is 2.03. The Hall–Kier alpha value is -1.18. The molecule has 1 rings (SSSR count). The third-order valence-electron chi connectivity index (χ3n) is 1.34. The van der Waals surface area contributed by atoms with Crippen LogP contribution in [0.25, 0.3) is 0 Å². The predicted molar refractivity (Wildman–Crippen MR) is 57.6 cm³/mol. The minimum absolute atomic E-state index is 0.0433. The van der Waals surface area contributed by atoms with E-state index in [1.54, 1.807) is 6.07 Å². The molecule has 6 heteroatoms. The Labute approximate surface area is 87.9 Å². The molecule has 0 saturated carbocycles. The molecule has 0 saturated heterocycles. The number of halogens is 1. The molecular weight excluding hydrogens is 285 g/mol. The van der Waals surface area contributed by atoms with E-state index in [4.69, 9.17) is 5.84 Å². The van der Waals surface area contributed by atoms with E-state index in [-0.39, 0.29) is 5.69 Å². The second-order valence-corrected chi connectivity index (χ2v) is 3.52. The molecule has 2 N–H and O–H groups in total. The van der Waals surface area contributed by atoms with Crippen molar-refractivity contribution in [3.63, 3.8) is 0 Å². The maximum Gasteiger partial charge on any atom is 0.271 e. The van der Waals surface area contributed by atoms with E-state index >= 15 is 0 Å².